The summed E-state index contributed by atoms with van der Waals surface area (Å²) in [7, 11) is 0. The number of carboxylic acid groups (broad SMARTS) is 2. The number of hydrogen-bond acceptors (Lipinski definition) is 4. The molecule has 29 heavy (non-hydrogen) atoms. The molecule has 0 spiro atoms. The first-order valence-electron chi connectivity index (χ1n) is 9.02. The Hall–Kier alpha value is -2.62. The van der Waals surface area contributed by atoms with Crippen molar-refractivity contribution in [3.8, 4) is 0 Å². The fraction of sp³-hybridized carbons (Fsp3) is 0.526. The molecule has 0 unspecified atom stereocenters. The molecule has 0 radical (unpaired) electrons. The average Bonchev–Trinajstić information content (AvgIpc) is 2.61. The molecule has 1 aliphatic rings. The van der Waals surface area contributed by atoms with E-state index in [0.29, 0.717) is 50.6 Å². The lowest BCUT2D eigenvalue weighted by molar-refractivity contribution is -0.159. The van der Waals surface area contributed by atoms with Crippen molar-refractivity contribution < 1.29 is 37.8 Å². The summed E-state index contributed by atoms with van der Waals surface area (Å²) in [5, 5.41) is 14.8. The van der Waals surface area contributed by atoms with Crippen molar-refractivity contribution in [2.24, 2.45) is 5.92 Å². The van der Waals surface area contributed by atoms with E-state index in [4.69, 9.17) is 19.8 Å². The van der Waals surface area contributed by atoms with Crippen LogP contribution in [0.25, 0.3) is 0 Å². The van der Waals surface area contributed by atoms with Crippen molar-refractivity contribution in [3.05, 3.63) is 35.4 Å². The molecule has 0 bridgehead atoms. The molecule has 1 heterocycles. The highest BCUT2D eigenvalue weighted by Gasteiger charge is 2.30. The molecule has 1 saturated heterocycles. The Morgan fingerprint density at radius 2 is 1.59 bits per heavy atom. The molecular weight excluding hydrogens is 393 g/mol. The standard InChI is InChI=1S/C17H23F3N2O.C2H2O4/c1-13(2)10-16(23)22-8-6-21(7-9-22)12-14-4-3-5-15(11-14)17(18,19)20;3-1(4)2(5)6/h3-5,11,13H,6-10,12H2,1-2H3;(H,3,4)(H,5,6). The van der Waals surface area contributed by atoms with Gasteiger partial charge in [0.25, 0.3) is 0 Å². The van der Waals surface area contributed by atoms with Gasteiger partial charge in [0, 0.05) is 39.1 Å². The number of amides is 1. The highest BCUT2D eigenvalue weighted by Crippen LogP contribution is 2.29. The van der Waals surface area contributed by atoms with Gasteiger partial charge in [-0.15, -0.1) is 0 Å². The SMILES string of the molecule is CC(C)CC(=O)N1CCN(Cc2cccc(C(F)(F)F)c2)CC1.O=C(O)C(=O)O. The maximum atomic E-state index is 12.7. The molecule has 162 valence electrons. The van der Waals surface area contributed by atoms with E-state index in [2.05, 4.69) is 4.90 Å². The Labute approximate surface area is 166 Å². The van der Waals surface area contributed by atoms with E-state index in [-0.39, 0.29) is 5.91 Å². The van der Waals surface area contributed by atoms with Crippen LogP contribution in [-0.2, 0) is 27.1 Å². The van der Waals surface area contributed by atoms with Gasteiger partial charge in [-0.1, -0.05) is 32.0 Å². The van der Waals surface area contributed by atoms with Crippen molar-refractivity contribution in [2.75, 3.05) is 26.2 Å². The van der Waals surface area contributed by atoms with Crippen LogP contribution in [-0.4, -0.2) is 64.0 Å². The van der Waals surface area contributed by atoms with E-state index in [1.165, 1.54) is 12.1 Å². The Morgan fingerprint density at radius 3 is 2.03 bits per heavy atom. The number of alkyl halides is 3. The molecule has 7 nitrogen and oxygen atoms in total. The topological polar surface area (TPSA) is 98.2 Å². The van der Waals surface area contributed by atoms with E-state index in [9.17, 15) is 18.0 Å². The normalized spacial score (nSPS) is 14.9. The number of nitrogens with zero attached hydrogens (tertiary/aromatic N) is 2. The first-order chi connectivity index (χ1) is 13.4. The van der Waals surface area contributed by atoms with Gasteiger partial charge in [-0.25, -0.2) is 9.59 Å². The maximum Gasteiger partial charge on any atom is 0.416 e. The largest absolute Gasteiger partial charge is 0.473 e. The quantitative estimate of drug-likeness (QED) is 0.730. The number of hydrogen-bond donors (Lipinski definition) is 2. The lowest BCUT2D eigenvalue weighted by Crippen LogP contribution is -2.48. The number of carboxylic acids is 2. The van der Waals surface area contributed by atoms with Gasteiger partial charge in [0.1, 0.15) is 0 Å². The first kappa shape index (κ1) is 24.4. The second kappa shape index (κ2) is 10.8. The van der Waals surface area contributed by atoms with Crippen LogP contribution in [0.4, 0.5) is 13.2 Å². The zero-order valence-corrected chi connectivity index (χ0v) is 16.3. The third-order valence-electron chi connectivity index (χ3n) is 4.15. The molecule has 2 N–H and O–H groups in total. The van der Waals surface area contributed by atoms with E-state index in [1.807, 2.05) is 18.7 Å². The van der Waals surface area contributed by atoms with Crippen molar-refractivity contribution in [2.45, 2.75) is 33.0 Å². The van der Waals surface area contributed by atoms with Crippen molar-refractivity contribution in [3.63, 3.8) is 0 Å². The van der Waals surface area contributed by atoms with Crippen LogP contribution >= 0.6 is 0 Å². The van der Waals surface area contributed by atoms with Crippen LogP contribution in [0.2, 0.25) is 0 Å². The number of benzene rings is 1. The molecule has 1 aliphatic heterocycles. The summed E-state index contributed by atoms with van der Waals surface area (Å²) in [6.45, 7) is 7.19. The smallest absolute Gasteiger partial charge is 0.416 e. The van der Waals surface area contributed by atoms with Gasteiger partial charge < -0.3 is 15.1 Å². The van der Waals surface area contributed by atoms with Crippen LogP contribution in [0, 0.1) is 5.92 Å². The summed E-state index contributed by atoms with van der Waals surface area (Å²) < 4.78 is 38.2. The predicted octanol–water partition coefficient (Wildman–Crippen LogP) is 2.55. The van der Waals surface area contributed by atoms with Crippen molar-refractivity contribution in [1.29, 1.82) is 0 Å². The first-order valence-corrected chi connectivity index (χ1v) is 9.02. The maximum absolute atomic E-state index is 12.7. The van der Waals surface area contributed by atoms with Gasteiger partial charge in [-0.2, -0.15) is 13.2 Å². The Morgan fingerprint density at radius 1 is 1.03 bits per heavy atom. The van der Waals surface area contributed by atoms with Gasteiger partial charge >= 0.3 is 18.1 Å². The number of rotatable bonds is 4. The van der Waals surface area contributed by atoms with Crippen molar-refractivity contribution >= 4 is 17.8 Å². The minimum absolute atomic E-state index is 0.165. The lowest BCUT2D eigenvalue weighted by atomic mass is 10.1. The highest BCUT2D eigenvalue weighted by molar-refractivity contribution is 6.27. The third kappa shape index (κ3) is 8.95. The minimum Gasteiger partial charge on any atom is -0.473 e. The minimum atomic E-state index is -4.31. The zero-order chi connectivity index (χ0) is 22.2. The monoisotopic (exact) mass is 418 g/mol. The van der Waals surface area contributed by atoms with E-state index < -0.39 is 23.7 Å². The number of halogens is 3. The summed E-state index contributed by atoms with van der Waals surface area (Å²) in [5.41, 5.74) is 0.0440. The number of piperazine rings is 1. The number of carbonyl (C=O) groups excluding carboxylic acids is 1. The summed E-state index contributed by atoms with van der Waals surface area (Å²) in [6, 6.07) is 5.45. The molecule has 1 amide bonds. The molecule has 2 rings (SSSR count). The highest BCUT2D eigenvalue weighted by atomic mass is 19.4. The zero-order valence-electron chi connectivity index (χ0n) is 16.3. The summed E-state index contributed by atoms with van der Waals surface area (Å²) in [4.78, 5) is 34.2. The molecule has 0 aliphatic carbocycles. The Bertz CT molecular complexity index is 702. The summed E-state index contributed by atoms with van der Waals surface area (Å²) in [5.74, 6) is -3.14. The number of carbonyl (C=O) groups is 3. The predicted molar refractivity (Wildman–Crippen MR) is 98.0 cm³/mol. The fourth-order valence-electron chi connectivity index (χ4n) is 2.74. The van der Waals surface area contributed by atoms with Crippen LogP contribution in [0.5, 0.6) is 0 Å². The second-order valence-corrected chi connectivity index (χ2v) is 7.06. The van der Waals surface area contributed by atoms with Crippen LogP contribution in [0.15, 0.2) is 24.3 Å². The van der Waals surface area contributed by atoms with E-state index >= 15 is 0 Å². The molecule has 1 aromatic carbocycles. The van der Waals surface area contributed by atoms with Crippen molar-refractivity contribution in [1.82, 2.24) is 9.80 Å². The number of aliphatic carboxylic acids is 2. The summed E-state index contributed by atoms with van der Waals surface area (Å²) >= 11 is 0. The van der Waals surface area contributed by atoms with E-state index in [1.54, 1.807) is 6.07 Å². The van der Waals surface area contributed by atoms with Crippen LogP contribution in [0.1, 0.15) is 31.4 Å². The average molecular weight is 418 g/mol. The molecule has 1 fully saturated rings. The van der Waals surface area contributed by atoms with Crippen LogP contribution in [0.3, 0.4) is 0 Å². The molecule has 0 atom stereocenters. The molecule has 0 aromatic heterocycles. The van der Waals surface area contributed by atoms with Crippen LogP contribution < -0.4 is 0 Å². The van der Waals surface area contributed by atoms with Gasteiger partial charge in [-0.05, 0) is 17.5 Å². The molecule has 10 heteroatoms. The van der Waals surface area contributed by atoms with Gasteiger partial charge in [0.2, 0.25) is 5.91 Å². The van der Waals surface area contributed by atoms with E-state index in [0.717, 1.165) is 6.07 Å². The van der Waals surface area contributed by atoms with Gasteiger partial charge in [0.05, 0.1) is 5.56 Å². The third-order valence-corrected chi connectivity index (χ3v) is 4.15. The van der Waals surface area contributed by atoms with Gasteiger partial charge in [-0.3, -0.25) is 9.69 Å². The fourth-order valence-corrected chi connectivity index (χ4v) is 2.74. The second-order valence-electron chi connectivity index (χ2n) is 7.06. The lowest BCUT2D eigenvalue weighted by Gasteiger charge is -2.35. The summed E-state index contributed by atoms with van der Waals surface area (Å²) in [6.07, 6.45) is -3.76. The molecule has 0 saturated carbocycles. The Kier molecular flexibility index (Phi) is 9.09. The molecular formula is C19H25F3N2O5. The Balaban J connectivity index is 0.000000612. The van der Waals surface area contributed by atoms with Gasteiger partial charge in [0.15, 0.2) is 0 Å². The molecule has 1 aromatic rings.